The van der Waals surface area contributed by atoms with Crippen molar-refractivity contribution in [2.75, 3.05) is 19.8 Å². The van der Waals surface area contributed by atoms with Crippen molar-refractivity contribution in [1.82, 2.24) is 4.90 Å². The molecule has 1 heterocycles. The highest BCUT2D eigenvalue weighted by Crippen LogP contribution is 2.21. The molecule has 1 aliphatic rings. The summed E-state index contributed by atoms with van der Waals surface area (Å²) in [4.78, 5) is 25.3. The van der Waals surface area contributed by atoms with E-state index in [1.807, 2.05) is 42.5 Å². The van der Waals surface area contributed by atoms with Crippen LogP contribution in [0.1, 0.15) is 16.8 Å². The Hall–Kier alpha value is -2.66. The van der Waals surface area contributed by atoms with E-state index < -0.39 is 12.0 Å². The van der Waals surface area contributed by atoms with Crippen LogP contribution < -0.4 is 0 Å². The second-order valence-corrected chi connectivity index (χ2v) is 5.77. The van der Waals surface area contributed by atoms with E-state index in [4.69, 9.17) is 9.84 Å². The van der Waals surface area contributed by atoms with Crippen molar-refractivity contribution in [2.45, 2.75) is 12.5 Å². The third-order valence-electron chi connectivity index (χ3n) is 4.14. The Kier molecular flexibility index (Phi) is 4.91. The molecule has 124 valence electrons. The number of carboxylic acids is 1. The molecular formula is C19H19NO4. The maximum absolute atomic E-state index is 12.7. The Bertz CT molecular complexity index is 712. The minimum absolute atomic E-state index is 0.103. The predicted octanol–water partition coefficient (Wildman–Crippen LogP) is 2.67. The summed E-state index contributed by atoms with van der Waals surface area (Å²) in [6.07, 6.45) is -0.103. The third-order valence-corrected chi connectivity index (χ3v) is 4.14. The highest BCUT2D eigenvalue weighted by Gasteiger charge is 2.29. The molecule has 0 spiro atoms. The third kappa shape index (κ3) is 3.63. The second-order valence-electron chi connectivity index (χ2n) is 5.77. The number of ether oxygens (including phenoxy) is 1. The topological polar surface area (TPSA) is 66.8 Å². The molecule has 1 N–H and O–H groups in total. The second kappa shape index (κ2) is 7.27. The molecule has 24 heavy (non-hydrogen) atoms. The summed E-state index contributed by atoms with van der Waals surface area (Å²) < 4.78 is 5.32. The van der Waals surface area contributed by atoms with Crippen LogP contribution in [0.5, 0.6) is 0 Å². The van der Waals surface area contributed by atoms with Gasteiger partial charge in [0.1, 0.15) is 0 Å². The molecule has 5 heteroatoms. The first kappa shape index (κ1) is 16.2. The number of aliphatic carboxylic acids is 1. The smallest absolute Gasteiger partial charge is 0.305 e. The SMILES string of the molecule is O=C(O)CC1COCCN1C(=O)c1ccc(-c2ccccc2)cc1. The van der Waals surface area contributed by atoms with Gasteiger partial charge in [-0.25, -0.2) is 0 Å². The Morgan fingerprint density at radius 3 is 2.38 bits per heavy atom. The number of benzene rings is 2. The maximum atomic E-state index is 12.7. The molecule has 3 rings (SSSR count). The molecule has 2 aromatic rings. The Morgan fingerprint density at radius 2 is 1.71 bits per heavy atom. The Balaban J connectivity index is 1.77. The highest BCUT2D eigenvalue weighted by molar-refractivity contribution is 5.95. The van der Waals surface area contributed by atoms with E-state index in [0.29, 0.717) is 18.7 Å². The van der Waals surface area contributed by atoms with Crippen LogP contribution in [-0.4, -0.2) is 47.7 Å². The molecule has 2 aromatic carbocycles. The number of carboxylic acid groups (broad SMARTS) is 1. The number of amides is 1. The lowest BCUT2D eigenvalue weighted by Crippen LogP contribution is -2.49. The van der Waals surface area contributed by atoms with Crippen molar-refractivity contribution in [3.05, 3.63) is 60.2 Å². The van der Waals surface area contributed by atoms with Gasteiger partial charge in [-0.2, -0.15) is 0 Å². The van der Waals surface area contributed by atoms with Crippen LogP contribution in [0.4, 0.5) is 0 Å². The van der Waals surface area contributed by atoms with Crippen molar-refractivity contribution < 1.29 is 19.4 Å². The van der Waals surface area contributed by atoms with Gasteiger partial charge in [-0.15, -0.1) is 0 Å². The Labute approximate surface area is 140 Å². The zero-order chi connectivity index (χ0) is 16.9. The minimum Gasteiger partial charge on any atom is -0.481 e. The summed E-state index contributed by atoms with van der Waals surface area (Å²) in [6, 6.07) is 16.9. The zero-order valence-corrected chi connectivity index (χ0v) is 13.2. The Morgan fingerprint density at radius 1 is 1.04 bits per heavy atom. The summed E-state index contributed by atoms with van der Waals surface area (Å²) in [5.41, 5.74) is 2.69. The molecule has 1 saturated heterocycles. The first-order valence-electron chi connectivity index (χ1n) is 7.91. The first-order valence-corrected chi connectivity index (χ1v) is 7.91. The van der Waals surface area contributed by atoms with Gasteiger partial charge in [-0.3, -0.25) is 9.59 Å². The van der Waals surface area contributed by atoms with Crippen LogP contribution in [0.15, 0.2) is 54.6 Å². The van der Waals surface area contributed by atoms with Gasteiger partial charge in [-0.1, -0.05) is 42.5 Å². The maximum Gasteiger partial charge on any atom is 0.305 e. The van der Waals surface area contributed by atoms with Gasteiger partial charge < -0.3 is 14.7 Å². The normalized spacial score (nSPS) is 17.5. The summed E-state index contributed by atoms with van der Waals surface area (Å²) in [5.74, 6) is -1.08. The van der Waals surface area contributed by atoms with Crippen molar-refractivity contribution in [3.8, 4) is 11.1 Å². The largest absolute Gasteiger partial charge is 0.481 e. The van der Waals surface area contributed by atoms with Crippen LogP contribution >= 0.6 is 0 Å². The first-order chi connectivity index (χ1) is 11.6. The monoisotopic (exact) mass is 325 g/mol. The van der Waals surface area contributed by atoms with Crippen LogP contribution in [-0.2, 0) is 9.53 Å². The molecular weight excluding hydrogens is 306 g/mol. The van der Waals surface area contributed by atoms with E-state index in [-0.39, 0.29) is 18.9 Å². The van der Waals surface area contributed by atoms with Gasteiger partial charge in [0.15, 0.2) is 0 Å². The molecule has 0 aromatic heterocycles. The quantitative estimate of drug-likeness (QED) is 0.938. The van der Waals surface area contributed by atoms with Crippen LogP contribution in [0, 0.1) is 0 Å². The molecule has 0 saturated carbocycles. The minimum atomic E-state index is -0.928. The molecule has 0 bridgehead atoms. The summed E-state index contributed by atoms with van der Waals surface area (Å²) in [6.45, 7) is 1.11. The molecule has 5 nitrogen and oxygen atoms in total. The van der Waals surface area contributed by atoms with Crippen molar-refractivity contribution in [3.63, 3.8) is 0 Å². The van der Waals surface area contributed by atoms with E-state index in [2.05, 4.69) is 0 Å². The van der Waals surface area contributed by atoms with Gasteiger partial charge in [0.25, 0.3) is 5.91 Å². The van der Waals surface area contributed by atoms with Gasteiger partial charge in [0.05, 0.1) is 25.7 Å². The summed E-state index contributed by atoms with van der Waals surface area (Å²) in [5, 5.41) is 9.00. The molecule has 0 radical (unpaired) electrons. The van der Waals surface area contributed by atoms with E-state index >= 15 is 0 Å². The number of rotatable bonds is 4. The lowest BCUT2D eigenvalue weighted by atomic mass is 10.0. The molecule has 1 fully saturated rings. The number of hydrogen-bond acceptors (Lipinski definition) is 3. The fraction of sp³-hybridized carbons (Fsp3) is 0.263. The average Bonchev–Trinajstić information content (AvgIpc) is 2.62. The summed E-state index contributed by atoms with van der Waals surface area (Å²) in [7, 11) is 0. The molecule has 1 amide bonds. The summed E-state index contributed by atoms with van der Waals surface area (Å²) >= 11 is 0. The molecule has 0 aliphatic carbocycles. The van der Waals surface area contributed by atoms with E-state index in [1.165, 1.54) is 0 Å². The average molecular weight is 325 g/mol. The van der Waals surface area contributed by atoms with Gasteiger partial charge in [0.2, 0.25) is 0 Å². The van der Waals surface area contributed by atoms with Crippen molar-refractivity contribution >= 4 is 11.9 Å². The highest BCUT2D eigenvalue weighted by atomic mass is 16.5. The van der Waals surface area contributed by atoms with Crippen molar-refractivity contribution in [1.29, 1.82) is 0 Å². The lowest BCUT2D eigenvalue weighted by molar-refractivity contribution is -0.139. The van der Waals surface area contributed by atoms with Crippen LogP contribution in [0.25, 0.3) is 11.1 Å². The molecule has 1 aliphatic heterocycles. The van der Waals surface area contributed by atoms with Gasteiger partial charge in [-0.05, 0) is 23.3 Å². The fourth-order valence-electron chi connectivity index (χ4n) is 2.89. The standard InChI is InChI=1S/C19H19NO4/c21-18(22)12-17-13-24-11-10-20(17)19(23)16-8-6-15(7-9-16)14-4-2-1-3-5-14/h1-9,17H,10-13H2,(H,21,22). The fourth-order valence-corrected chi connectivity index (χ4v) is 2.89. The number of carbonyl (C=O) groups excluding carboxylic acids is 1. The molecule has 1 atom stereocenters. The lowest BCUT2D eigenvalue weighted by Gasteiger charge is -2.34. The number of carbonyl (C=O) groups is 2. The number of nitrogens with zero attached hydrogens (tertiary/aromatic N) is 1. The van der Waals surface area contributed by atoms with E-state index in [0.717, 1.165) is 11.1 Å². The van der Waals surface area contributed by atoms with E-state index in [1.54, 1.807) is 17.0 Å². The zero-order valence-electron chi connectivity index (χ0n) is 13.2. The van der Waals surface area contributed by atoms with Crippen molar-refractivity contribution in [2.24, 2.45) is 0 Å². The van der Waals surface area contributed by atoms with Crippen LogP contribution in [0.2, 0.25) is 0 Å². The molecule has 1 unspecified atom stereocenters. The number of morpholine rings is 1. The van der Waals surface area contributed by atoms with Gasteiger partial charge in [0, 0.05) is 12.1 Å². The number of hydrogen-bond donors (Lipinski definition) is 1. The van der Waals surface area contributed by atoms with Crippen LogP contribution in [0.3, 0.4) is 0 Å². The van der Waals surface area contributed by atoms with E-state index in [9.17, 15) is 9.59 Å². The predicted molar refractivity (Wildman–Crippen MR) is 89.8 cm³/mol. The van der Waals surface area contributed by atoms with Gasteiger partial charge >= 0.3 is 5.97 Å².